The number of nitrogens with one attached hydrogen (secondary N) is 1. The lowest BCUT2D eigenvalue weighted by Crippen LogP contribution is -2.07. The first-order valence-corrected chi connectivity index (χ1v) is 8.90. The molecule has 0 unspecified atom stereocenters. The Hall–Kier alpha value is -2.99. The van der Waals surface area contributed by atoms with Crippen LogP contribution in [-0.2, 0) is 11.3 Å². The molecule has 0 fully saturated rings. The van der Waals surface area contributed by atoms with Crippen molar-refractivity contribution in [3.8, 4) is 0 Å². The molecule has 0 aliphatic carbocycles. The molecule has 6 heteroatoms. The number of hydrogen-bond acceptors (Lipinski definition) is 4. The maximum atomic E-state index is 11.9. The smallest absolute Gasteiger partial charge is 0.250 e. The molecule has 124 valence electrons. The van der Waals surface area contributed by atoms with E-state index in [1.807, 2.05) is 12.1 Å². The van der Waals surface area contributed by atoms with Crippen LogP contribution in [0.5, 0.6) is 0 Å². The predicted octanol–water partition coefficient (Wildman–Crippen LogP) is 4.32. The van der Waals surface area contributed by atoms with Gasteiger partial charge in [0.25, 0.3) is 0 Å². The summed E-state index contributed by atoms with van der Waals surface area (Å²) in [5.41, 5.74) is 5.00. The molecule has 25 heavy (non-hydrogen) atoms. The minimum Gasteiger partial charge on any atom is -0.341 e. The number of hydrogen-bond donors (Lipinski definition) is 1. The van der Waals surface area contributed by atoms with Gasteiger partial charge in [-0.05, 0) is 36.8 Å². The van der Waals surface area contributed by atoms with Crippen molar-refractivity contribution in [2.45, 2.75) is 13.5 Å². The highest BCUT2D eigenvalue weighted by atomic mass is 32.1. The Morgan fingerprint density at radius 1 is 1.20 bits per heavy atom. The highest BCUT2D eigenvalue weighted by Crippen LogP contribution is 2.29. The Kier molecular flexibility index (Phi) is 4.03. The Morgan fingerprint density at radius 2 is 2.04 bits per heavy atom. The average Bonchev–Trinajstić information content (AvgIpc) is 3.25. The third-order valence-corrected chi connectivity index (χ3v) is 4.74. The number of para-hydroxylation sites is 1. The number of carbonyl (C=O) groups excluding carboxylic acids is 1. The lowest BCUT2D eigenvalue weighted by molar-refractivity contribution is -0.111. The molecule has 5 nitrogen and oxygen atoms in total. The number of benzene rings is 2. The normalized spacial score (nSPS) is 11.6. The standard InChI is InChI=1S/C19H16N4OS/c1-2-23-16-6-4-3-5-14(16)15-11-13(7-9-17(15)23)8-10-18(24)21-19-22-20-12-25-19/h3-12H,2H2,1H3,(H,21,22,24)/b10-8+. The van der Waals surface area contributed by atoms with E-state index in [4.69, 9.17) is 0 Å². The van der Waals surface area contributed by atoms with E-state index in [0.29, 0.717) is 5.13 Å². The predicted molar refractivity (Wildman–Crippen MR) is 103 cm³/mol. The van der Waals surface area contributed by atoms with Crippen LogP contribution in [0.15, 0.2) is 54.1 Å². The molecule has 4 aromatic rings. The monoisotopic (exact) mass is 348 g/mol. The zero-order valence-electron chi connectivity index (χ0n) is 13.6. The van der Waals surface area contributed by atoms with E-state index in [1.165, 1.54) is 39.2 Å². The summed E-state index contributed by atoms with van der Waals surface area (Å²) in [6, 6.07) is 14.7. The summed E-state index contributed by atoms with van der Waals surface area (Å²) < 4.78 is 2.31. The molecule has 0 saturated heterocycles. The molecular weight excluding hydrogens is 332 g/mol. The third-order valence-electron chi connectivity index (χ3n) is 4.13. The molecular formula is C19H16N4OS. The number of fused-ring (bicyclic) bond motifs is 3. The molecule has 0 spiro atoms. The van der Waals surface area contributed by atoms with E-state index in [9.17, 15) is 4.79 Å². The number of nitrogens with zero attached hydrogens (tertiary/aromatic N) is 3. The maximum absolute atomic E-state index is 11.9. The van der Waals surface area contributed by atoms with E-state index >= 15 is 0 Å². The van der Waals surface area contributed by atoms with Crippen LogP contribution < -0.4 is 5.32 Å². The van der Waals surface area contributed by atoms with Crippen LogP contribution in [0, 0.1) is 0 Å². The van der Waals surface area contributed by atoms with Crippen LogP contribution in [0.1, 0.15) is 12.5 Å². The number of amides is 1. The van der Waals surface area contributed by atoms with Crippen LogP contribution in [-0.4, -0.2) is 20.7 Å². The van der Waals surface area contributed by atoms with Crippen molar-refractivity contribution in [1.29, 1.82) is 0 Å². The van der Waals surface area contributed by atoms with Gasteiger partial charge in [0.1, 0.15) is 5.51 Å². The van der Waals surface area contributed by atoms with Gasteiger partial charge in [0.05, 0.1) is 0 Å². The van der Waals surface area contributed by atoms with Crippen molar-refractivity contribution in [1.82, 2.24) is 14.8 Å². The van der Waals surface area contributed by atoms with Gasteiger partial charge in [-0.2, -0.15) is 0 Å². The zero-order chi connectivity index (χ0) is 17.2. The van der Waals surface area contributed by atoms with Crippen molar-refractivity contribution >= 4 is 50.3 Å². The lowest BCUT2D eigenvalue weighted by Gasteiger charge is -2.02. The van der Waals surface area contributed by atoms with Crippen LogP contribution in [0.3, 0.4) is 0 Å². The second-order valence-electron chi connectivity index (χ2n) is 5.60. The van der Waals surface area contributed by atoms with E-state index in [0.717, 1.165) is 12.1 Å². The molecule has 0 aliphatic heterocycles. The molecule has 2 heterocycles. The minimum atomic E-state index is -0.215. The number of anilines is 1. The first-order chi connectivity index (χ1) is 12.3. The van der Waals surface area contributed by atoms with Crippen molar-refractivity contribution in [2.75, 3.05) is 5.32 Å². The first-order valence-electron chi connectivity index (χ1n) is 8.02. The fourth-order valence-electron chi connectivity index (χ4n) is 3.06. The summed E-state index contributed by atoms with van der Waals surface area (Å²) in [4.78, 5) is 11.9. The van der Waals surface area contributed by atoms with Crippen molar-refractivity contribution in [2.24, 2.45) is 0 Å². The van der Waals surface area contributed by atoms with Gasteiger partial charge in [0.15, 0.2) is 0 Å². The van der Waals surface area contributed by atoms with Crippen molar-refractivity contribution < 1.29 is 4.79 Å². The van der Waals surface area contributed by atoms with Gasteiger partial charge in [-0.1, -0.05) is 35.6 Å². The summed E-state index contributed by atoms with van der Waals surface area (Å²) >= 11 is 1.29. The number of aryl methyl sites for hydroxylation is 1. The van der Waals surface area contributed by atoms with E-state index in [-0.39, 0.29) is 5.91 Å². The highest BCUT2D eigenvalue weighted by Gasteiger charge is 2.09. The van der Waals surface area contributed by atoms with Gasteiger partial charge in [0.2, 0.25) is 11.0 Å². The summed E-state index contributed by atoms with van der Waals surface area (Å²) in [7, 11) is 0. The molecule has 0 radical (unpaired) electrons. The number of carbonyl (C=O) groups is 1. The van der Waals surface area contributed by atoms with Gasteiger partial charge >= 0.3 is 0 Å². The first kappa shape index (κ1) is 15.5. The molecule has 0 bridgehead atoms. The molecule has 2 aromatic carbocycles. The number of aromatic nitrogens is 3. The van der Waals surface area contributed by atoms with E-state index in [2.05, 4.69) is 63.4 Å². The fourth-order valence-corrected chi connectivity index (χ4v) is 3.51. The van der Waals surface area contributed by atoms with Gasteiger partial charge < -0.3 is 4.57 Å². The average molecular weight is 348 g/mol. The zero-order valence-corrected chi connectivity index (χ0v) is 14.5. The Morgan fingerprint density at radius 3 is 2.84 bits per heavy atom. The second-order valence-corrected chi connectivity index (χ2v) is 6.44. The Balaban J connectivity index is 1.68. The van der Waals surface area contributed by atoms with Crippen LogP contribution in [0.25, 0.3) is 27.9 Å². The molecule has 0 atom stereocenters. The molecule has 1 N–H and O–H groups in total. The minimum absolute atomic E-state index is 0.215. The molecule has 2 aromatic heterocycles. The highest BCUT2D eigenvalue weighted by molar-refractivity contribution is 7.13. The maximum Gasteiger partial charge on any atom is 0.250 e. The summed E-state index contributed by atoms with van der Waals surface area (Å²) in [5, 5.41) is 13.1. The summed E-state index contributed by atoms with van der Waals surface area (Å²) in [6.07, 6.45) is 3.33. The number of rotatable bonds is 4. The van der Waals surface area contributed by atoms with Gasteiger partial charge in [0, 0.05) is 34.4 Å². The van der Waals surface area contributed by atoms with Crippen molar-refractivity contribution in [3.63, 3.8) is 0 Å². The molecule has 4 rings (SSSR count). The topological polar surface area (TPSA) is 59.8 Å². The largest absolute Gasteiger partial charge is 0.341 e. The van der Waals surface area contributed by atoms with Gasteiger partial charge in [-0.25, -0.2) is 0 Å². The Labute approximate surface area is 148 Å². The van der Waals surface area contributed by atoms with Gasteiger partial charge in [-0.15, -0.1) is 10.2 Å². The summed E-state index contributed by atoms with van der Waals surface area (Å²) in [6.45, 7) is 3.07. The second kappa shape index (κ2) is 6.49. The molecule has 0 saturated carbocycles. The van der Waals surface area contributed by atoms with Gasteiger partial charge in [-0.3, -0.25) is 10.1 Å². The summed E-state index contributed by atoms with van der Waals surface area (Å²) in [5.74, 6) is -0.215. The fraction of sp³-hybridized carbons (Fsp3) is 0.105. The molecule has 1 amide bonds. The SMILES string of the molecule is CCn1c2ccccc2c2cc(/C=C/C(=O)Nc3nncs3)ccc21. The van der Waals surface area contributed by atoms with Crippen LogP contribution in [0.2, 0.25) is 0 Å². The Bertz CT molecular complexity index is 1080. The van der Waals surface area contributed by atoms with E-state index in [1.54, 1.807) is 5.51 Å². The van der Waals surface area contributed by atoms with Crippen LogP contribution in [0.4, 0.5) is 5.13 Å². The van der Waals surface area contributed by atoms with E-state index < -0.39 is 0 Å². The molecule has 0 aliphatic rings. The quantitative estimate of drug-likeness (QED) is 0.559. The lowest BCUT2D eigenvalue weighted by atomic mass is 10.1. The third kappa shape index (κ3) is 2.92. The van der Waals surface area contributed by atoms with Crippen LogP contribution >= 0.6 is 11.3 Å². The van der Waals surface area contributed by atoms with Crippen molar-refractivity contribution in [3.05, 3.63) is 59.6 Å².